The average Bonchev–Trinajstić information content (AvgIpc) is 3.32. The van der Waals surface area contributed by atoms with E-state index in [4.69, 9.17) is 4.42 Å². The minimum Gasteiger partial charge on any atom is -0.467 e. The Kier molecular flexibility index (Phi) is 4.68. The number of hydrogen-bond donors (Lipinski definition) is 1. The van der Waals surface area contributed by atoms with E-state index in [9.17, 15) is 4.79 Å². The Morgan fingerprint density at radius 3 is 2.88 bits per heavy atom. The molecule has 0 spiro atoms. The first kappa shape index (κ1) is 16.1. The fourth-order valence-electron chi connectivity index (χ4n) is 3.40. The fraction of sp³-hybridized carbons (Fsp3) is 0.250. The smallest absolute Gasteiger partial charge is 0.234 e. The molecule has 0 saturated heterocycles. The van der Waals surface area contributed by atoms with E-state index in [1.807, 2.05) is 29.5 Å². The molecule has 128 valence electrons. The van der Waals surface area contributed by atoms with Crippen LogP contribution in [0.4, 0.5) is 0 Å². The molecule has 5 heteroatoms. The number of rotatable bonds is 5. The number of carbonyl (C=O) groups excluding carboxylic acids is 1. The number of benzene rings is 1. The first-order valence-electron chi connectivity index (χ1n) is 8.45. The van der Waals surface area contributed by atoms with Gasteiger partial charge in [-0.2, -0.15) is 0 Å². The van der Waals surface area contributed by atoms with Crippen molar-refractivity contribution in [1.29, 1.82) is 0 Å². The average molecular weight is 352 g/mol. The van der Waals surface area contributed by atoms with Crippen molar-refractivity contribution in [2.24, 2.45) is 0 Å². The molecule has 0 aliphatic carbocycles. The SMILES string of the molecule is O=C(CN1CCc2sccc2C1c1ccccc1)NCc1ccco1. The molecule has 1 unspecified atom stereocenters. The van der Waals surface area contributed by atoms with Gasteiger partial charge < -0.3 is 9.73 Å². The van der Waals surface area contributed by atoms with Gasteiger partial charge in [-0.05, 0) is 41.1 Å². The number of nitrogens with one attached hydrogen (secondary N) is 1. The molecule has 3 aromatic rings. The molecule has 1 atom stereocenters. The molecule has 0 saturated carbocycles. The van der Waals surface area contributed by atoms with Crippen molar-refractivity contribution < 1.29 is 9.21 Å². The van der Waals surface area contributed by atoms with Crippen LogP contribution in [0.5, 0.6) is 0 Å². The molecule has 1 aliphatic rings. The van der Waals surface area contributed by atoms with Crippen molar-refractivity contribution in [2.45, 2.75) is 19.0 Å². The van der Waals surface area contributed by atoms with Crippen LogP contribution in [0.2, 0.25) is 0 Å². The Balaban J connectivity index is 1.50. The van der Waals surface area contributed by atoms with Crippen LogP contribution >= 0.6 is 11.3 Å². The molecule has 4 nitrogen and oxygen atoms in total. The van der Waals surface area contributed by atoms with E-state index in [-0.39, 0.29) is 11.9 Å². The zero-order valence-corrected chi connectivity index (χ0v) is 14.7. The third-order valence-electron chi connectivity index (χ3n) is 4.57. The summed E-state index contributed by atoms with van der Waals surface area (Å²) in [5.41, 5.74) is 2.57. The lowest BCUT2D eigenvalue weighted by molar-refractivity contribution is -0.123. The number of carbonyl (C=O) groups is 1. The lowest BCUT2D eigenvalue weighted by Gasteiger charge is -2.35. The van der Waals surface area contributed by atoms with Gasteiger partial charge in [-0.1, -0.05) is 30.3 Å². The van der Waals surface area contributed by atoms with Crippen molar-refractivity contribution in [3.63, 3.8) is 0 Å². The summed E-state index contributed by atoms with van der Waals surface area (Å²) in [7, 11) is 0. The van der Waals surface area contributed by atoms with E-state index in [0.717, 1.165) is 18.7 Å². The highest BCUT2D eigenvalue weighted by Gasteiger charge is 2.30. The van der Waals surface area contributed by atoms with Crippen LogP contribution in [0.15, 0.2) is 64.6 Å². The zero-order valence-electron chi connectivity index (χ0n) is 13.9. The second-order valence-electron chi connectivity index (χ2n) is 6.19. The molecule has 1 amide bonds. The minimum atomic E-state index is 0.0241. The maximum atomic E-state index is 12.4. The lowest BCUT2D eigenvalue weighted by atomic mass is 9.93. The third-order valence-corrected chi connectivity index (χ3v) is 5.56. The van der Waals surface area contributed by atoms with E-state index in [0.29, 0.717) is 13.1 Å². The first-order chi connectivity index (χ1) is 12.3. The summed E-state index contributed by atoms with van der Waals surface area (Å²) in [4.78, 5) is 16.1. The topological polar surface area (TPSA) is 45.5 Å². The quantitative estimate of drug-likeness (QED) is 0.763. The monoisotopic (exact) mass is 352 g/mol. The molecule has 1 aliphatic heterocycles. The van der Waals surface area contributed by atoms with Gasteiger partial charge in [-0.15, -0.1) is 11.3 Å². The van der Waals surface area contributed by atoms with E-state index >= 15 is 0 Å². The van der Waals surface area contributed by atoms with Crippen LogP contribution in [0, 0.1) is 0 Å². The Bertz CT molecular complexity index is 827. The number of furan rings is 1. The number of amides is 1. The molecule has 0 bridgehead atoms. The highest BCUT2D eigenvalue weighted by Crippen LogP contribution is 2.37. The number of nitrogens with zero attached hydrogens (tertiary/aromatic N) is 1. The molecule has 1 aromatic carbocycles. The largest absolute Gasteiger partial charge is 0.467 e. The van der Waals surface area contributed by atoms with Crippen LogP contribution in [-0.2, 0) is 17.8 Å². The highest BCUT2D eigenvalue weighted by atomic mass is 32.1. The molecule has 4 rings (SSSR count). The Morgan fingerprint density at radius 2 is 2.08 bits per heavy atom. The second kappa shape index (κ2) is 7.25. The van der Waals surface area contributed by atoms with Crippen molar-refractivity contribution in [3.05, 3.63) is 81.9 Å². The Labute approximate surface area is 151 Å². The van der Waals surface area contributed by atoms with Gasteiger partial charge in [0.1, 0.15) is 5.76 Å². The van der Waals surface area contributed by atoms with Gasteiger partial charge in [0.2, 0.25) is 5.91 Å². The van der Waals surface area contributed by atoms with Crippen LogP contribution in [0.25, 0.3) is 0 Å². The molecule has 0 radical (unpaired) electrons. The van der Waals surface area contributed by atoms with Gasteiger partial charge in [0, 0.05) is 11.4 Å². The standard InChI is InChI=1S/C20H20N2O2S/c23-19(21-13-16-7-4-11-24-16)14-22-10-8-18-17(9-12-25-18)20(22)15-5-2-1-3-6-15/h1-7,9,11-12,20H,8,10,13-14H2,(H,21,23). The summed E-state index contributed by atoms with van der Waals surface area (Å²) in [6, 6.07) is 16.5. The molecular formula is C20H20N2O2S. The summed E-state index contributed by atoms with van der Waals surface area (Å²) in [5.74, 6) is 0.794. The van der Waals surface area contributed by atoms with Crippen LogP contribution in [0.1, 0.15) is 27.8 Å². The van der Waals surface area contributed by atoms with E-state index < -0.39 is 0 Å². The summed E-state index contributed by atoms with van der Waals surface area (Å²) < 4.78 is 5.27. The lowest BCUT2D eigenvalue weighted by Crippen LogP contribution is -2.42. The molecule has 25 heavy (non-hydrogen) atoms. The fourth-order valence-corrected chi connectivity index (χ4v) is 4.31. The summed E-state index contributed by atoms with van der Waals surface area (Å²) >= 11 is 1.81. The van der Waals surface area contributed by atoms with Gasteiger partial charge in [0.05, 0.1) is 25.4 Å². The van der Waals surface area contributed by atoms with E-state index in [1.54, 1.807) is 6.26 Å². The van der Waals surface area contributed by atoms with Gasteiger partial charge in [0.25, 0.3) is 0 Å². The van der Waals surface area contributed by atoms with Gasteiger partial charge in [0.15, 0.2) is 0 Å². The van der Waals surface area contributed by atoms with Crippen LogP contribution in [0.3, 0.4) is 0 Å². The molecule has 0 fully saturated rings. The molecule has 2 aromatic heterocycles. The van der Waals surface area contributed by atoms with Crippen molar-refractivity contribution in [2.75, 3.05) is 13.1 Å². The highest BCUT2D eigenvalue weighted by molar-refractivity contribution is 7.10. The summed E-state index contributed by atoms with van der Waals surface area (Å²) in [5, 5.41) is 5.10. The van der Waals surface area contributed by atoms with Crippen molar-refractivity contribution >= 4 is 17.2 Å². The van der Waals surface area contributed by atoms with Crippen molar-refractivity contribution in [3.8, 4) is 0 Å². The van der Waals surface area contributed by atoms with Gasteiger partial charge in [-0.25, -0.2) is 0 Å². The van der Waals surface area contributed by atoms with E-state index in [1.165, 1.54) is 16.0 Å². The normalized spacial score (nSPS) is 17.2. The maximum Gasteiger partial charge on any atom is 0.234 e. The third kappa shape index (κ3) is 3.52. The Hall–Kier alpha value is -2.37. The summed E-state index contributed by atoms with van der Waals surface area (Å²) in [6.07, 6.45) is 2.62. The first-order valence-corrected chi connectivity index (χ1v) is 9.33. The minimum absolute atomic E-state index is 0.0241. The zero-order chi connectivity index (χ0) is 17.1. The second-order valence-corrected chi connectivity index (χ2v) is 7.19. The van der Waals surface area contributed by atoms with Gasteiger partial charge >= 0.3 is 0 Å². The summed E-state index contributed by atoms with van der Waals surface area (Å²) in [6.45, 7) is 1.70. The molecular weight excluding hydrogens is 332 g/mol. The Morgan fingerprint density at radius 1 is 1.20 bits per heavy atom. The number of hydrogen-bond acceptors (Lipinski definition) is 4. The maximum absolute atomic E-state index is 12.4. The predicted octanol–water partition coefficient (Wildman–Crippen LogP) is 3.61. The van der Waals surface area contributed by atoms with E-state index in [2.05, 4.69) is 45.9 Å². The van der Waals surface area contributed by atoms with Crippen LogP contribution < -0.4 is 5.32 Å². The number of thiophene rings is 1. The van der Waals surface area contributed by atoms with Gasteiger partial charge in [-0.3, -0.25) is 9.69 Å². The van der Waals surface area contributed by atoms with Crippen LogP contribution in [-0.4, -0.2) is 23.9 Å². The molecule has 3 heterocycles. The number of fused-ring (bicyclic) bond motifs is 1. The molecule has 1 N–H and O–H groups in total. The predicted molar refractivity (Wildman–Crippen MR) is 98.4 cm³/mol. The van der Waals surface area contributed by atoms with Crippen molar-refractivity contribution in [1.82, 2.24) is 10.2 Å².